The molecule has 0 aliphatic carbocycles. The van der Waals surface area contributed by atoms with E-state index in [4.69, 9.17) is 0 Å². The second-order valence-electron chi connectivity index (χ2n) is 4.65. The first-order valence-electron chi connectivity index (χ1n) is 6.36. The number of rotatable bonds is 5. The van der Waals surface area contributed by atoms with Crippen molar-refractivity contribution in [2.24, 2.45) is 0 Å². The van der Waals surface area contributed by atoms with Crippen LogP contribution in [0.5, 0.6) is 0 Å². The minimum Gasteiger partial charge on any atom is -0.309 e. The highest BCUT2D eigenvalue weighted by molar-refractivity contribution is 7.09. The van der Waals surface area contributed by atoms with Gasteiger partial charge >= 0.3 is 0 Å². The molecule has 2 rings (SSSR count). The average Bonchev–Trinajstić information content (AvgIpc) is 2.78. The summed E-state index contributed by atoms with van der Waals surface area (Å²) in [5, 5.41) is 3.57. The van der Waals surface area contributed by atoms with Crippen molar-refractivity contribution in [1.29, 1.82) is 0 Å². The number of hydrogen-bond donors (Lipinski definition) is 1. The van der Waals surface area contributed by atoms with Crippen LogP contribution in [0.25, 0.3) is 0 Å². The fourth-order valence-corrected chi connectivity index (χ4v) is 2.97. The van der Waals surface area contributed by atoms with Crippen LogP contribution in [-0.2, 0) is 6.42 Å². The summed E-state index contributed by atoms with van der Waals surface area (Å²) < 4.78 is 0. The van der Waals surface area contributed by atoms with E-state index in [2.05, 4.69) is 55.3 Å². The second kappa shape index (κ2) is 6.12. The van der Waals surface area contributed by atoms with Gasteiger partial charge in [0.15, 0.2) is 0 Å². The van der Waals surface area contributed by atoms with E-state index in [0.29, 0.717) is 6.04 Å². The summed E-state index contributed by atoms with van der Waals surface area (Å²) in [5.41, 5.74) is 5.87. The summed E-state index contributed by atoms with van der Waals surface area (Å²) in [5.74, 6) is 0. The molecule has 0 aliphatic rings. The van der Waals surface area contributed by atoms with E-state index in [1.165, 1.54) is 16.0 Å². The van der Waals surface area contributed by atoms with Gasteiger partial charge in [0.05, 0.1) is 11.2 Å². The van der Waals surface area contributed by atoms with Crippen molar-refractivity contribution < 1.29 is 0 Å². The van der Waals surface area contributed by atoms with Gasteiger partial charge in [-0.3, -0.25) is 0 Å². The Balaban J connectivity index is 1.86. The van der Waals surface area contributed by atoms with Crippen molar-refractivity contribution in [2.75, 3.05) is 6.54 Å². The number of thiazole rings is 1. The third-order valence-corrected chi connectivity index (χ3v) is 4.40. The van der Waals surface area contributed by atoms with Crippen LogP contribution >= 0.6 is 11.3 Å². The first-order chi connectivity index (χ1) is 8.68. The molecule has 1 aromatic heterocycles. The number of aromatic nitrogens is 1. The van der Waals surface area contributed by atoms with E-state index in [1.54, 1.807) is 11.3 Å². The molecule has 3 heteroatoms. The van der Waals surface area contributed by atoms with Crippen molar-refractivity contribution in [3.05, 3.63) is 51.5 Å². The van der Waals surface area contributed by atoms with E-state index >= 15 is 0 Å². The maximum absolute atomic E-state index is 4.30. The van der Waals surface area contributed by atoms with E-state index in [0.717, 1.165) is 18.7 Å². The van der Waals surface area contributed by atoms with Crippen LogP contribution in [0.1, 0.15) is 34.7 Å². The Hall–Kier alpha value is -1.19. The van der Waals surface area contributed by atoms with Crippen LogP contribution in [0.4, 0.5) is 0 Å². The van der Waals surface area contributed by atoms with Crippen LogP contribution < -0.4 is 5.32 Å². The predicted octanol–water partition coefficient (Wildman–Crippen LogP) is 3.65. The Morgan fingerprint density at radius 3 is 2.72 bits per heavy atom. The van der Waals surface area contributed by atoms with Crippen molar-refractivity contribution in [1.82, 2.24) is 10.3 Å². The zero-order valence-electron chi connectivity index (χ0n) is 11.2. The lowest BCUT2D eigenvalue weighted by molar-refractivity contribution is 0.581. The molecule has 0 saturated carbocycles. The van der Waals surface area contributed by atoms with Gasteiger partial charge in [-0.2, -0.15) is 0 Å². The maximum atomic E-state index is 4.30. The fraction of sp³-hybridized carbons (Fsp3) is 0.400. The first-order valence-corrected chi connectivity index (χ1v) is 7.24. The molecule has 0 amide bonds. The average molecular weight is 260 g/mol. The molecule has 1 unspecified atom stereocenters. The zero-order valence-corrected chi connectivity index (χ0v) is 12.1. The van der Waals surface area contributed by atoms with Crippen molar-refractivity contribution in [2.45, 2.75) is 33.2 Å². The van der Waals surface area contributed by atoms with E-state index in [1.807, 2.05) is 5.51 Å². The third-order valence-electron chi connectivity index (χ3n) is 3.28. The summed E-state index contributed by atoms with van der Waals surface area (Å²) in [4.78, 5) is 5.64. The molecule has 0 spiro atoms. The normalized spacial score (nSPS) is 12.6. The molecule has 1 aromatic carbocycles. The van der Waals surface area contributed by atoms with Gasteiger partial charge in [-0.1, -0.05) is 24.3 Å². The summed E-state index contributed by atoms with van der Waals surface area (Å²) in [6, 6.07) is 8.97. The lowest BCUT2D eigenvalue weighted by atomic mass is 10.1. The summed E-state index contributed by atoms with van der Waals surface area (Å²) in [6.07, 6.45) is 1.08. The highest BCUT2D eigenvalue weighted by atomic mass is 32.1. The lowest BCUT2D eigenvalue weighted by Crippen LogP contribution is -2.21. The molecule has 0 saturated heterocycles. The molecule has 1 N–H and O–H groups in total. The summed E-state index contributed by atoms with van der Waals surface area (Å²) in [7, 11) is 0. The van der Waals surface area contributed by atoms with Gasteiger partial charge < -0.3 is 5.32 Å². The molecule has 18 heavy (non-hydrogen) atoms. The number of aryl methyl sites for hydroxylation is 2. The van der Waals surface area contributed by atoms with Gasteiger partial charge in [0.1, 0.15) is 0 Å². The van der Waals surface area contributed by atoms with Gasteiger partial charge in [-0.05, 0) is 44.9 Å². The number of hydrogen-bond acceptors (Lipinski definition) is 3. The zero-order chi connectivity index (χ0) is 13.0. The molecule has 2 aromatic rings. The molecule has 0 radical (unpaired) electrons. The quantitative estimate of drug-likeness (QED) is 0.887. The molecule has 0 bridgehead atoms. The molecule has 0 aliphatic heterocycles. The molecule has 0 fully saturated rings. The third kappa shape index (κ3) is 3.18. The Kier molecular flexibility index (Phi) is 4.50. The SMILES string of the molecule is Cc1ccccc1CCNC(C)c1scnc1C. The van der Waals surface area contributed by atoms with Crippen LogP contribution in [0.2, 0.25) is 0 Å². The fourth-order valence-electron chi connectivity index (χ4n) is 2.13. The first kappa shape index (κ1) is 13.2. The Bertz CT molecular complexity index is 505. The summed E-state index contributed by atoms with van der Waals surface area (Å²) >= 11 is 1.73. The van der Waals surface area contributed by atoms with Crippen molar-refractivity contribution in [3.63, 3.8) is 0 Å². The highest BCUT2D eigenvalue weighted by Gasteiger charge is 2.09. The summed E-state index contributed by atoms with van der Waals surface area (Å²) in [6.45, 7) is 7.46. The van der Waals surface area contributed by atoms with Gasteiger partial charge in [0, 0.05) is 10.9 Å². The Labute approximate surface area is 113 Å². The molecule has 1 heterocycles. The maximum Gasteiger partial charge on any atom is 0.0798 e. The minimum absolute atomic E-state index is 0.390. The smallest absolute Gasteiger partial charge is 0.0798 e. The number of nitrogens with zero attached hydrogens (tertiary/aromatic N) is 1. The predicted molar refractivity (Wildman–Crippen MR) is 78.2 cm³/mol. The Morgan fingerprint density at radius 2 is 2.06 bits per heavy atom. The van der Waals surface area contributed by atoms with Crippen molar-refractivity contribution >= 4 is 11.3 Å². The molecule has 1 atom stereocenters. The van der Waals surface area contributed by atoms with Crippen LogP contribution in [-0.4, -0.2) is 11.5 Å². The van der Waals surface area contributed by atoms with Crippen molar-refractivity contribution in [3.8, 4) is 0 Å². The van der Waals surface area contributed by atoms with Gasteiger partial charge in [-0.25, -0.2) is 4.98 Å². The van der Waals surface area contributed by atoms with Crippen LogP contribution in [0.15, 0.2) is 29.8 Å². The second-order valence-corrected chi connectivity index (χ2v) is 5.54. The van der Waals surface area contributed by atoms with E-state index in [9.17, 15) is 0 Å². The minimum atomic E-state index is 0.390. The lowest BCUT2D eigenvalue weighted by Gasteiger charge is -2.13. The van der Waals surface area contributed by atoms with E-state index < -0.39 is 0 Å². The van der Waals surface area contributed by atoms with Crippen LogP contribution in [0, 0.1) is 13.8 Å². The molecular weight excluding hydrogens is 240 g/mol. The number of nitrogens with one attached hydrogen (secondary N) is 1. The topological polar surface area (TPSA) is 24.9 Å². The van der Waals surface area contributed by atoms with Gasteiger partial charge in [-0.15, -0.1) is 11.3 Å². The van der Waals surface area contributed by atoms with Crippen LogP contribution in [0.3, 0.4) is 0 Å². The highest BCUT2D eigenvalue weighted by Crippen LogP contribution is 2.20. The van der Waals surface area contributed by atoms with E-state index in [-0.39, 0.29) is 0 Å². The molecular formula is C15H20N2S. The number of benzene rings is 1. The Morgan fingerprint density at radius 1 is 1.28 bits per heavy atom. The monoisotopic (exact) mass is 260 g/mol. The molecule has 2 nitrogen and oxygen atoms in total. The van der Waals surface area contributed by atoms with Gasteiger partial charge in [0.25, 0.3) is 0 Å². The largest absolute Gasteiger partial charge is 0.309 e. The molecule has 96 valence electrons. The van der Waals surface area contributed by atoms with Gasteiger partial charge in [0.2, 0.25) is 0 Å². The standard InChI is InChI=1S/C15H20N2S/c1-11-6-4-5-7-14(11)8-9-16-12(2)15-13(3)17-10-18-15/h4-7,10,12,16H,8-9H2,1-3H3.